The molecular weight excluding hydrogens is 270 g/mol. The maximum atomic E-state index is 11.3. The summed E-state index contributed by atoms with van der Waals surface area (Å²) >= 11 is 0. The van der Waals surface area contributed by atoms with Crippen LogP contribution in [-0.2, 0) is 0 Å². The monoisotopic (exact) mass is 289 g/mol. The summed E-state index contributed by atoms with van der Waals surface area (Å²) in [6.45, 7) is 7.17. The van der Waals surface area contributed by atoms with Crippen molar-refractivity contribution in [3.63, 3.8) is 0 Å². The lowest BCUT2D eigenvalue weighted by molar-refractivity contribution is 0.0684. The molecule has 6 nitrogen and oxygen atoms in total. The van der Waals surface area contributed by atoms with Crippen molar-refractivity contribution in [3.8, 4) is 5.75 Å². The van der Waals surface area contributed by atoms with Crippen molar-refractivity contribution in [3.05, 3.63) is 30.0 Å². The number of hydrogen-bond acceptors (Lipinski definition) is 5. The van der Waals surface area contributed by atoms with E-state index in [1.165, 1.54) is 0 Å². The highest BCUT2D eigenvalue weighted by molar-refractivity contribution is 5.96. The number of nitrogens with zero attached hydrogens (tertiary/aromatic N) is 3. The van der Waals surface area contributed by atoms with Crippen LogP contribution in [0.25, 0.3) is 10.9 Å². The van der Waals surface area contributed by atoms with Crippen molar-refractivity contribution in [2.24, 2.45) is 0 Å². The van der Waals surface area contributed by atoms with E-state index in [-0.39, 0.29) is 5.69 Å². The fourth-order valence-electron chi connectivity index (χ4n) is 2.13. The number of benzene rings is 1. The van der Waals surface area contributed by atoms with Gasteiger partial charge in [-0.3, -0.25) is 0 Å². The van der Waals surface area contributed by atoms with Gasteiger partial charge in [0.25, 0.3) is 0 Å². The Hall–Kier alpha value is -2.21. The topological polar surface area (TPSA) is 75.5 Å². The first-order valence-corrected chi connectivity index (χ1v) is 7.01. The third kappa shape index (κ3) is 3.46. The molecule has 0 saturated heterocycles. The molecule has 112 valence electrons. The van der Waals surface area contributed by atoms with Gasteiger partial charge in [-0.05, 0) is 25.2 Å². The number of aromatic carboxylic acids is 1. The van der Waals surface area contributed by atoms with Crippen LogP contribution in [0, 0.1) is 0 Å². The molecule has 0 spiro atoms. The zero-order chi connectivity index (χ0) is 15.2. The van der Waals surface area contributed by atoms with Gasteiger partial charge in [-0.15, -0.1) is 10.2 Å². The molecule has 2 rings (SSSR count). The number of carbonyl (C=O) groups is 1. The first kappa shape index (κ1) is 15.2. The van der Waals surface area contributed by atoms with E-state index >= 15 is 0 Å². The number of aromatic nitrogens is 2. The number of fused-ring (bicyclic) bond motifs is 1. The van der Waals surface area contributed by atoms with Crippen LogP contribution in [-0.4, -0.2) is 52.4 Å². The van der Waals surface area contributed by atoms with Gasteiger partial charge in [-0.1, -0.05) is 26.0 Å². The summed E-state index contributed by atoms with van der Waals surface area (Å²) in [5.41, 5.74) is 0.480. The molecular formula is C15H19N3O3. The number of hydrogen-bond donors (Lipinski definition) is 1. The third-order valence-electron chi connectivity index (χ3n) is 3.37. The van der Waals surface area contributed by atoms with Crippen LogP contribution < -0.4 is 4.74 Å². The van der Waals surface area contributed by atoms with Gasteiger partial charge >= 0.3 is 5.97 Å². The lowest BCUT2D eigenvalue weighted by Gasteiger charge is -2.18. The Bertz CT molecular complexity index is 627. The predicted octanol–water partition coefficient (Wildman–Crippen LogP) is 2.05. The Morgan fingerprint density at radius 3 is 2.62 bits per heavy atom. The number of likely N-dealkylation sites (N-methyl/N-ethyl adjacent to an activating group) is 1. The minimum atomic E-state index is -1.13. The van der Waals surface area contributed by atoms with Crippen molar-refractivity contribution >= 4 is 16.9 Å². The number of rotatable bonds is 7. The smallest absolute Gasteiger partial charge is 0.360 e. The van der Waals surface area contributed by atoms with Gasteiger partial charge in [-0.2, -0.15) is 0 Å². The molecule has 0 fully saturated rings. The van der Waals surface area contributed by atoms with E-state index in [0.29, 0.717) is 23.3 Å². The molecule has 6 heteroatoms. The average molecular weight is 289 g/mol. The average Bonchev–Trinajstić information content (AvgIpc) is 2.51. The minimum Gasteiger partial charge on any atom is -0.489 e. The maximum absolute atomic E-state index is 11.3. The zero-order valence-electron chi connectivity index (χ0n) is 12.2. The van der Waals surface area contributed by atoms with Crippen LogP contribution in [0.1, 0.15) is 24.3 Å². The van der Waals surface area contributed by atoms with Crippen molar-refractivity contribution in [1.82, 2.24) is 15.1 Å². The maximum Gasteiger partial charge on any atom is 0.360 e. The molecule has 1 aromatic carbocycles. The third-order valence-corrected chi connectivity index (χ3v) is 3.37. The van der Waals surface area contributed by atoms with Crippen molar-refractivity contribution in [2.45, 2.75) is 13.8 Å². The Labute approximate surface area is 123 Å². The van der Waals surface area contributed by atoms with Crippen molar-refractivity contribution < 1.29 is 14.6 Å². The molecule has 1 N–H and O–H groups in total. The van der Waals surface area contributed by atoms with Gasteiger partial charge in [0.2, 0.25) is 5.69 Å². The summed E-state index contributed by atoms with van der Waals surface area (Å²) in [6, 6.07) is 7.23. The Kier molecular flexibility index (Phi) is 5.05. The van der Waals surface area contributed by atoms with E-state index in [0.717, 1.165) is 19.6 Å². The van der Waals surface area contributed by atoms with Gasteiger partial charge < -0.3 is 14.7 Å². The molecule has 0 saturated carbocycles. The van der Waals surface area contributed by atoms with Crippen molar-refractivity contribution in [1.29, 1.82) is 0 Å². The van der Waals surface area contributed by atoms with Crippen LogP contribution in [0.5, 0.6) is 5.75 Å². The first-order valence-electron chi connectivity index (χ1n) is 7.01. The van der Waals surface area contributed by atoms with E-state index in [4.69, 9.17) is 4.74 Å². The fourth-order valence-corrected chi connectivity index (χ4v) is 2.13. The molecule has 0 aliphatic heterocycles. The van der Waals surface area contributed by atoms with Gasteiger partial charge in [0.05, 0.1) is 5.52 Å². The number of ether oxygens (including phenoxy) is 1. The van der Waals surface area contributed by atoms with E-state index in [1.807, 2.05) is 12.1 Å². The molecule has 0 aliphatic rings. The van der Waals surface area contributed by atoms with Crippen LogP contribution in [0.2, 0.25) is 0 Å². The predicted molar refractivity (Wildman–Crippen MR) is 79.8 cm³/mol. The largest absolute Gasteiger partial charge is 0.489 e. The first-order chi connectivity index (χ1) is 10.2. The molecule has 0 unspecified atom stereocenters. The Morgan fingerprint density at radius 1 is 1.24 bits per heavy atom. The molecule has 1 aromatic heterocycles. The van der Waals surface area contributed by atoms with E-state index in [2.05, 4.69) is 28.9 Å². The highest BCUT2D eigenvalue weighted by Crippen LogP contribution is 2.26. The highest BCUT2D eigenvalue weighted by atomic mass is 16.5. The zero-order valence-corrected chi connectivity index (χ0v) is 12.2. The van der Waals surface area contributed by atoms with Crippen molar-refractivity contribution in [2.75, 3.05) is 26.2 Å². The molecule has 0 bridgehead atoms. The normalized spacial score (nSPS) is 11.0. The molecule has 0 atom stereocenters. The standard InChI is InChI=1S/C15H19N3O3/c1-3-18(4-2)9-10-21-14-11-7-5-6-8-12(11)16-17-13(14)15(19)20/h5-8H,3-4,9-10H2,1-2H3,(H,19,20). The lowest BCUT2D eigenvalue weighted by Crippen LogP contribution is -2.28. The molecule has 2 aromatic rings. The highest BCUT2D eigenvalue weighted by Gasteiger charge is 2.18. The Morgan fingerprint density at radius 2 is 1.95 bits per heavy atom. The van der Waals surface area contributed by atoms with Gasteiger partial charge in [0.1, 0.15) is 6.61 Å². The quantitative estimate of drug-likeness (QED) is 0.840. The Balaban J connectivity index is 2.27. The second kappa shape index (κ2) is 6.99. The van der Waals surface area contributed by atoms with Crippen LogP contribution in [0.4, 0.5) is 0 Å². The summed E-state index contributed by atoms with van der Waals surface area (Å²) in [7, 11) is 0. The fraction of sp³-hybridized carbons (Fsp3) is 0.400. The lowest BCUT2D eigenvalue weighted by atomic mass is 10.2. The number of carboxylic acid groups (broad SMARTS) is 1. The second-order valence-electron chi connectivity index (χ2n) is 4.58. The van der Waals surface area contributed by atoms with Crippen LogP contribution in [0.15, 0.2) is 24.3 Å². The summed E-state index contributed by atoms with van der Waals surface area (Å²) < 4.78 is 5.72. The summed E-state index contributed by atoms with van der Waals surface area (Å²) in [5, 5.41) is 17.6. The molecule has 0 aliphatic carbocycles. The van der Waals surface area contributed by atoms with Gasteiger partial charge in [0.15, 0.2) is 5.75 Å². The van der Waals surface area contributed by atoms with Crippen LogP contribution >= 0.6 is 0 Å². The van der Waals surface area contributed by atoms with E-state index < -0.39 is 5.97 Å². The summed E-state index contributed by atoms with van der Waals surface area (Å²) in [5.74, 6) is -0.841. The minimum absolute atomic E-state index is 0.145. The van der Waals surface area contributed by atoms with Gasteiger partial charge in [0, 0.05) is 11.9 Å². The summed E-state index contributed by atoms with van der Waals surface area (Å²) in [4.78, 5) is 13.5. The van der Waals surface area contributed by atoms with Gasteiger partial charge in [-0.25, -0.2) is 4.79 Å². The molecule has 21 heavy (non-hydrogen) atoms. The van der Waals surface area contributed by atoms with E-state index in [9.17, 15) is 9.90 Å². The second-order valence-corrected chi connectivity index (χ2v) is 4.58. The van der Waals surface area contributed by atoms with E-state index in [1.54, 1.807) is 12.1 Å². The van der Waals surface area contributed by atoms with Crippen LogP contribution in [0.3, 0.4) is 0 Å². The molecule has 0 radical (unpaired) electrons. The molecule has 1 heterocycles. The SMILES string of the molecule is CCN(CC)CCOc1c(C(=O)O)nnc2ccccc12. The summed E-state index contributed by atoms with van der Waals surface area (Å²) in [6.07, 6.45) is 0. The number of carboxylic acids is 1. The molecule has 0 amide bonds.